The van der Waals surface area contributed by atoms with Gasteiger partial charge in [0.05, 0.1) is 36.9 Å². The number of amides is 3. The number of ether oxygens (including phenoxy) is 1. The summed E-state index contributed by atoms with van der Waals surface area (Å²) in [7, 11) is 1.33. The summed E-state index contributed by atoms with van der Waals surface area (Å²) in [4.78, 5) is 60.1. The summed E-state index contributed by atoms with van der Waals surface area (Å²) in [6, 6.07) is 16.6. The molecule has 56 heavy (non-hydrogen) atoms. The number of imidazole rings is 2. The summed E-state index contributed by atoms with van der Waals surface area (Å²) in [6.07, 6.45) is 11.8. The molecule has 3 N–H and O–H groups in total. The molecule has 4 heterocycles. The SMILES string of the molecule is CCCC1CC(c2ncc(-c3ccc(-c4ccc(-c5cnc(CC6CC7CCCC7N6C(=O)C(NC(=O)OC)C(C)C)[nH]5)cc4)cc3)[nH]2)N(C(=O)CC(C)C)C1. The molecule has 2 saturated heterocycles. The molecule has 2 aliphatic heterocycles. The summed E-state index contributed by atoms with van der Waals surface area (Å²) in [5.41, 5.74) is 6.23. The fourth-order valence-electron chi connectivity index (χ4n) is 9.49. The molecular formula is C45H59N7O4. The first-order valence-electron chi connectivity index (χ1n) is 20.8. The standard InChI is InChI=1S/C45H59N7O4/c1-7-9-29-21-39(51(26-29)41(53)20-27(2)3)43-47-25-37(49-43)33-18-14-31(15-19-33)30-12-16-32(17-13-30)36-24-46-40(48-36)23-35-22-34-10-8-11-38(34)52(35)44(54)42(28(4)5)50-45(55)56-6/h12-19,24-25,27-29,34-35,38-39,42H,7-11,20-23,26H2,1-6H3,(H,46,48)(H,47,49)(H,50,55). The van der Waals surface area contributed by atoms with Crippen LogP contribution in [0.3, 0.4) is 0 Å². The lowest BCUT2D eigenvalue weighted by Crippen LogP contribution is -2.55. The van der Waals surface area contributed by atoms with Crippen molar-refractivity contribution in [1.29, 1.82) is 0 Å². The molecule has 2 aromatic heterocycles. The molecule has 3 fully saturated rings. The van der Waals surface area contributed by atoms with Crippen LogP contribution in [-0.4, -0.2) is 79.4 Å². The molecule has 1 saturated carbocycles. The van der Waals surface area contributed by atoms with Crippen molar-refractivity contribution in [2.75, 3.05) is 13.7 Å². The van der Waals surface area contributed by atoms with Crippen LogP contribution in [0.25, 0.3) is 33.6 Å². The number of nitrogens with one attached hydrogen (secondary N) is 3. The minimum atomic E-state index is -0.636. The smallest absolute Gasteiger partial charge is 0.407 e. The van der Waals surface area contributed by atoms with Gasteiger partial charge >= 0.3 is 6.09 Å². The zero-order valence-corrected chi connectivity index (χ0v) is 33.9. The predicted molar refractivity (Wildman–Crippen MR) is 218 cm³/mol. The van der Waals surface area contributed by atoms with Crippen LogP contribution in [-0.2, 0) is 20.7 Å². The van der Waals surface area contributed by atoms with Crippen molar-refractivity contribution in [3.05, 3.63) is 72.6 Å². The van der Waals surface area contributed by atoms with Gasteiger partial charge in [-0.2, -0.15) is 0 Å². The molecule has 1 aliphatic carbocycles. The van der Waals surface area contributed by atoms with Gasteiger partial charge in [-0.1, -0.05) is 96.0 Å². The third kappa shape index (κ3) is 8.42. The Balaban J connectivity index is 1.00. The van der Waals surface area contributed by atoms with Gasteiger partial charge in [0.1, 0.15) is 17.7 Å². The minimum Gasteiger partial charge on any atom is -0.453 e. The number of hydrogen-bond acceptors (Lipinski definition) is 6. The van der Waals surface area contributed by atoms with Crippen LogP contribution in [0, 0.1) is 23.7 Å². The number of aromatic nitrogens is 4. The lowest BCUT2D eigenvalue weighted by molar-refractivity contribution is -0.137. The monoisotopic (exact) mass is 761 g/mol. The van der Waals surface area contributed by atoms with Gasteiger partial charge in [-0.15, -0.1) is 0 Å². The summed E-state index contributed by atoms with van der Waals surface area (Å²) >= 11 is 0. The number of carbonyl (C=O) groups is 3. The van der Waals surface area contributed by atoms with Gasteiger partial charge in [0.15, 0.2) is 0 Å². The van der Waals surface area contributed by atoms with E-state index >= 15 is 0 Å². The van der Waals surface area contributed by atoms with E-state index in [9.17, 15) is 14.4 Å². The highest BCUT2D eigenvalue weighted by Gasteiger charge is 2.48. The number of aromatic amines is 2. The van der Waals surface area contributed by atoms with Crippen molar-refractivity contribution in [1.82, 2.24) is 35.1 Å². The Morgan fingerprint density at radius 3 is 2.14 bits per heavy atom. The largest absolute Gasteiger partial charge is 0.453 e. The van der Waals surface area contributed by atoms with E-state index in [0.717, 1.165) is 96.8 Å². The second kappa shape index (κ2) is 17.1. The highest BCUT2D eigenvalue weighted by molar-refractivity contribution is 5.87. The number of rotatable bonds is 13. The predicted octanol–water partition coefficient (Wildman–Crippen LogP) is 8.56. The van der Waals surface area contributed by atoms with Crippen molar-refractivity contribution in [2.45, 2.75) is 117 Å². The Hall–Kier alpha value is -4.93. The van der Waals surface area contributed by atoms with Gasteiger partial charge in [-0.05, 0) is 78.0 Å². The fourth-order valence-corrected chi connectivity index (χ4v) is 9.49. The Labute approximate surface area is 331 Å². The minimum absolute atomic E-state index is 0.00379. The first-order chi connectivity index (χ1) is 27.0. The van der Waals surface area contributed by atoms with Gasteiger partial charge in [-0.25, -0.2) is 14.8 Å². The number of benzene rings is 2. The summed E-state index contributed by atoms with van der Waals surface area (Å²) in [5, 5.41) is 2.79. The maximum Gasteiger partial charge on any atom is 0.407 e. The molecule has 2 aromatic carbocycles. The molecule has 3 aliphatic rings. The van der Waals surface area contributed by atoms with Gasteiger partial charge in [0.2, 0.25) is 11.8 Å². The highest BCUT2D eigenvalue weighted by Crippen LogP contribution is 2.43. The fraction of sp³-hybridized carbons (Fsp3) is 0.533. The molecule has 0 spiro atoms. The number of H-pyrrole nitrogens is 2. The van der Waals surface area contributed by atoms with Crippen molar-refractivity contribution in [2.24, 2.45) is 23.7 Å². The topological polar surface area (TPSA) is 136 Å². The van der Waals surface area contributed by atoms with Gasteiger partial charge in [0.25, 0.3) is 0 Å². The molecule has 6 unspecified atom stereocenters. The van der Waals surface area contributed by atoms with Crippen LogP contribution in [0.1, 0.15) is 104 Å². The Morgan fingerprint density at radius 2 is 1.52 bits per heavy atom. The first kappa shape index (κ1) is 39.3. The van der Waals surface area contributed by atoms with E-state index in [0.29, 0.717) is 30.6 Å². The van der Waals surface area contributed by atoms with Crippen LogP contribution < -0.4 is 5.32 Å². The van der Waals surface area contributed by atoms with E-state index < -0.39 is 12.1 Å². The van der Waals surface area contributed by atoms with Crippen molar-refractivity contribution >= 4 is 17.9 Å². The van der Waals surface area contributed by atoms with E-state index in [2.05, 4.69) is 94.4 Å². The molecule has 11 heteroatoms. The molecule has 3 amide bonds. The van der Waals surface area contributed by atoms with Crippen LogP contribution in [0.5, 0.6) is 0 Å². The molecule has 298 valence electrons. The van der Waals surface area contributed by atoms with Crippen molar-refractivity contribution in [3.63, 3.8) is 0 Å². The van der Waals surface area contributed by atoms with Crippen LogP contribution >= 0.6 is 0 Å². The second-order valence-electron chi connectivity index (χ2n) is 17.1. The third-order valence-corrected chi connectivity index (χ3v) is 12.3. The molecule has 4 aromatic rings. The number of alkyl carbamates (subject to hydrolysis) is 1. The Morgan fingerprint density at radius 1 is 0.875 bits per heavy atom. The molecule has 0 bridgehead atoms. The van der Waals surface area contributed by atoms with Gasteiger partial charge in [0, 0.05) is 31.5 Å². The number of methoxy groups -OCH3 is 1. The number of carbonyl (C=O) groups excluding carboxylic acids is 3. The average molecular weight is 762 g/mol. The molecule has 0 radical (unpaired) electrons. The average Bonchev–Trinajstić information content (AvgIpc) is 4.03. The highest BCUT2D eigenvalue weighted by atomic mass is 16.5. The van der Waals surface area contributed by atoms with Crippen molar-refractivity contribution in [3.8, 4) is 33.6 Å². The molecule has 11 nitrogen and oxygen atoms in total. The van der Waals surface area contributed by atoms with E-state index in [1.54, 1.807) is 0 Å². The molecular weight excluding hydrogens is 703 g/mol. The van der Waals surface area contributed by atoms with Crippen molar-refractivity contribution < 1.29 is 19.1 Å². The lowest BCUT2D eigenvalue weighted by Gasteiger charge is -2.34. The van der Waals surface area contributed by atoms with Gasteiger partial charge in [-0.3, -0.25) is 9.59 Å². The van der Waals surface area contributed by atoms with Gasteiger partial charge < -0.3 is 29.8 Å². The number of hydrogen-bond donors (Lipinski definition) is 3. The maximum atomic E-state index is 14.0. The van der Waals surface area contributed by atoms with Crippen LogP contribution in [0.2, 0.25) is 0 Å². The van der Waals surface area contributed by atoms with E-state index in [4.69, 9.17) is 14.7 Å². The van der Waals surface area contributed by atoms with Crippen LogP contribution in [0.15, 0.2) is 60.9 Å². The second-order valence-corrected chi connectivity index (χ2v) is 17.1. The normalized spacial score (nSPS) is 22.5. The van der Waals surface area contributed by atoms with E-state index in [-0.39, 0.29) is 35.9 Å². The maximum absolute atomic E-state index is 14.0. The molecule has 7 rings (SSSR count). The van der Waals surface area contributed by atoms with Crippen LogP contribution in [0.4, 0.5) is 4.79 Å². The Bertz CT molecular complexity index is 1970. The summed E-state index contributed by atoms with van der Waals surface area (Å²) in [5.74, 6) is 3.19. The third-order valence-electron chi connectivity index (χ3n) is 12.3. The lowest BCUT2D eigenvalue weighted by atomic mass is 10.0. The van der Waals surface area contributed by atoms with E-state index in [1.807, 2.05) is 26.2 Å². The number of fused-ring (bicyclic) bond motifs is 1. The summed E-state index contributed by atoms with van der Waals surface area (Å²) < 4.78 is 4.84. The Kier molecular flexibility index (Phi) is 12.0. The molecule has 6 atom stereocenters. The van der Waals surface area contributed by atoms with E-state index in [1.165, 1.54) is 7.11 Å². The number of likely N-dealkylation sites (tertiary alicyclic amines) is 2. The summed E-state index contributed by atoms with van der Waals surface area (Å²) in [6.45, 7) is 11.1. The zero-order chi connectivity index (χ0) is 39.5. The quantitative estimate of drug-likeness (QED) is 0.125. The first-order valence-corrected chi connectivity index (χ1v) is 20.8. The number of nitrogens with zero attached hydrogens (tertiary/aromatic N) is 4. The zero-order valence-electron chi connectivity index (χ0n) is 33.9.